The molecule has 0 atom stereocenters. The Morgan fingerprint density at radius 3 is 2.25 bits per heavy atom. The second kappa shape index (κ2) is 8.88. The molecule has 0 bridgehead atoms. The molecule has 4 heterocycles. The lowest BCUT2D eigenvalue weighted by atomic mass is 10.2. The van der Waals surface area contributed by atoms with Crippen LogP contribution in [-0.4, -0.2) is 52.1 Å². The van der Waals surface area contributed by atoms with Crippen molar-refractivity contribution in [1.82, 2.24) is 20.0 Å². The van der Waals surface area contributed by atoms with E-state index >= 15 is 0 Å². The van der Waals surface area contributed by atoms with Gasteiger partial charge in [-0.15, -0.1) is 0 Å². The van der Waals surface area contributed by atoms with E-state index < -0.39 is 0 Å². The standard InChI is InChI=1S/C21H31N5O2/c1-16-19-20(26-14-8-4-5-9-15-26)22-17(23-21(19)28-24-16)10-11-18(27)25-12-6-2-3-7-13-25/h2-15H2,1H3. The molecule has 152 valence electrons. The minimum atomic E-state index is 0.218. The number of carbonyl (C=O) groups excluding carboxylic acids is 1. The smallest absolute Gasteiger partial charge is 0.263 e. The Hall–Kier alpha value is -2.18. The van der Waals surface area contributed by atoms with E-state index in [-0.39, 0.29) is 5.91 Å². The highest BCUT2D eigenvalue weighted by molar-refractivity contribution is 5.88. The maximum atomic E-state index is 12.6. The van der Waals surface area contributed by atoms with Crippen molar-refractivity contribution in [3.63, 3.8) is 0 Å². The van der Waals surface area contributed by atoms with Crippen LogP contribution >= 0.6 is 0 Å². The molecule has 4 rings (SSSR count). The predicted octanol–water partition coefficient (Wildman–Crippen LogP) is 3.64. The lowest BCUT2D eigenvalue weighted by Crippen LogP contribution is -2.32. The van der Waals surface area contributed by atoms with Crippen LogP contribution in [0.25, 0.3) is 11.1 Å². The molecular weight excluding hydrogens is 354 g/mol. The SMILES string of the molecule is Cc1noc2nc(CCC(=O)N3CCCCCC3)nc(N3CCCCCC3)c12. The van der Waals surface area contributed by atoms with Crippen LogP contribution in [0.4, 0.5) is 5.82 Å². The summed E-state index contributed by atoms with van der Waals surface area (Å²) in [4.78, 5) is 26.5. The average Bonchev–Trinajstić information content (AvgIpc) is 2.97. The van der Waals surface area contributed by atoms with Crippen LogP contribution in [0.15, 0.2) is 4.52 Å². The van der Waals surface area contributed by atoms with Gasteiger partial charge >= 0.3 is 0 Å². The van der Waals surface area contributed by atoms with Crippen molar-refractivity contribution < 1.29 is 9.32 Å². The van der Waals surface area contributed by atoms with E-state index in [1.165, 1.54) is 38.5 Å². The number of hydrogen-bond donors (Lipinski definition) is 0. The molecule has 7 nitrogen and oxygen atoms in total. The summed E-state index contributed by atoms with van der Waals surface area (Å²) < 4.78 is 5.47. The molecule has 2 aromatic rings. The van der Waals surface area contributed by atoms with Crippen LogP contribution in [-0.2, 0) is 11.2 Å². The third-order valence-corrected chi connectivity index (χ3v) is 5.96. The number of nitrogens with zero attached hydrogens (tertiary/aromatic N) is 5. The molecule has 2 fully saturated rings. The highest BCUT2D eigenvalue weighted by atomic mass is 16.5. The fourth-order valence-corrected chi connectivity index (χ4v) is 4.33. The third kappa shape index (κ3) is 4.28. The molecule has 28 heavy (non-hydrogen) atoms. The van der Waals surface area contributed by atoms with Gasteiger partial charge in [-0.3, -0.25) is 4.79 Å². The normalized spacial score (nSPS) is 18.9. The number of carbonyl (C=O) groups is 1. The third-order valence-electron chi connectivity index (χ3n) is 5.96. The zero-order valence-electron chi connectivity index (χ0n) is 17.0. The number of rotatable bonds is 4. The van der Waals surface area contributed by atoms with Crippen molar-refractivity contribution in [3.8, 4) is 0 Å². The van der Waals surface area contributed by atoms with Gasteiger partial charge in [-0.05, 0) is 32.6 Å². The summed E-state index contributed by atoms with van der Waals surface area (Å²) >= 11 is 0. The number of anilines is 1. The lowest BCUT2D eigenvalue weighted by Gasteiger charge is -2.23. The Kier molecular flexibility index (Phi) is 6.07. The number of hydrogen-bond acceptors (Lipinski definition) is 6. The predicted molar refractivity (Wildman–Crippen MR) is 108 cm³/mol. The van der Waals surface area contributed by atoms with Gasteiger partial charge in [0.1, 0.15) is 17.0 Å². The van der Waals surface area contributed by atoms with E-state index in [1.54, 1.807) is 0 Å². The Morgan fingerprint density at radius 2 is 1.57 bits per heavy atom. The Balaban J connectivity index is 1.53. The maximum absolute atomic E-state index is 12.6. The summed E-state index contributed by atoms with van der Waals surface area (Å²) in [6.45, 7) is 5.73. The van der Waals surface area contributed by atoms with E-state index in [1.807, 2.05) is 11.8 Å². The maximum Gasteiger partial charge on any atom is 0.263 e. The first-order valence-corrected chi connectivity index (χ1v) is 10.9. The molecule has 0 N–H and O–H groups in total. The zero-order valence-corrected chi connectivity index (χ0v) is 17.0. The van der Waals surface area contributed by atoms with Crippen LogP contribution in [0, 0.1) is 6.92 Å². The highest BCUT2D eigenvalue weighted by Gasteiger charge is 2.22. The van der Waals surface area contributed by atoms with Gasteiger partial charge in [0.2, 0.25) is 5.91 Å². The highest BCUT2D eigenvalue weighted by Crippen LogP contribution is 2.29. The van der Waals surface area contributed by atoms with Crippen LogP contribution in [0.3, 0.4) is 0 Å². The van der Waals surface area contributed by atoms with Crippen molar-refractivity contribution in [2.24, 2.45) is 0 Å². The zero-order chi connectivity index (χ0) is 19.3. The number of amides is 1. The number of likely N-dealkylation sites (tertiary alicyclic amines) is 1. The summed E-state index contributed by atoms with van der Waals surface area (Å²) in [5.74, 6) is 1.84. The molecule has 0 aromatic carbocycles. The molecule has 2 saturated heterocycles. The van der Waals surface area contributed by atoms with Crippen LogP contribution in [0.2, 0.25) is 0 Å². The molecule has 0 spiro atoms. The minimum Gasteiger partial charge on any atom is -0.356 e. The van der Waals surface area contributed by atoms with Gasteiger partial charge in [0, 0.05) is 39.0 Å². The van der Waals surface area contributed by atoms with Crippen LogP contribution < -0.4 is 4.90 Å². The summed E-state index contributed by atoms with van der Waals surface area (Å²) in [5, 5.41) is 5.04. The number of aromatic nitrogens is 3. The number of aryl methyl sites for hydroxylation is 2. The molecule has 7 heteroatoms. The Labute approximate surface area is 166 Å². The molecule has 2 aliphatic rings. The second-order valence-corrected chi connectivity index (χ2v) is 8.11. The van der Waals surface area contributed by atoms with Crippen molar-refractivity contribution >= 4 is 22.8 Å². The van der Waals surface area contributed by atoms with Crippen molar-refractivity contribution in [2.45, 2.75) is 71.1 Å². The lowest BCUT2D eigenvalue weighted by molar-refractivity contribution is -0.131. The topological polar surface area (TPSA) is 75.4 Å². The van der Waals surface area contributed by atoms with Gasteiger partial charge in [0.25, 0.3) is 5.71 Å². The molecule has 2 aliphatic heterocycles. The van der Waals surface area contributed by atoms with Gasteiger partial charge < -0.3 is 14.3 Å². The first-order chi connectivity index (χ1) is 13.7. The summed E-state index contributed by atoms with van der Waals surface area (Å²) in [7, 11) is 0. The van der Waals surface area contributed by atoms with Gasteiger partial charge in [-0.1, -0.05) is 30.8 Å². The van der Waals surface area contributed by atoms with E-state index in [2.05, 4.69) is 15.0 Å². The Bertz CT molecular complexity index is 802. The van der Waals surface area contributed by atoms with Crippen molar-refractivity contribution in [2.75, 3.05) is 31.1 Å². The minimum absolute atomic E-state index is 0.218. The van der Waals surface area contributed by atoms with Crippen molar-refractivity contribution in [3.05, 3.63) is 11.5 Å². The first-order valence-electron chi connectivity index (χ1n) is 10.9. The van der Waals surface area contributed by atoms with Crippen molar-refractivity contribution in [1.29, 1.82) is 0 Å². The van der Waals surface area contributed by atoms with Gasteiger partial charge in [0.15, 0.2) is 0 Å². The number of fused-ring (bicyclic) bond motifs is 1. The first kappa shape index (κ1) is 19.2. The largest absolute Gasteiger partial charge is 0.356 e. The van der Waals surface area contributed by atoms with E-state index in [0.29, 0.717) is 24.4 Å². The fraction of sp³-hybridized carbons (Fsp3) is 0.714. The quantitative estimate of drug-likeness (QED) is 0.800. The summed E-state index contributed by atoms with van der Waals surface area (Å²) in [6, 6.07) is 0. The molecule has 1 amide bonds. The molecule has 0 aliphatic carbocycles. The molecule has 2 aromatic heterocycles. The Morgan fingerprint density at radius 1 is 0.929 bits per heavy atom. The van der Waals surface area contributed by atoms with Gasteiger partial charge in [-0.25, -0.2) is 4.98 Å². The van der Waals surface area contributed by atoms with E-state index in [4.69, 9.17) is 9.51 Å². The molecule has 0 unspecified atom stereocenters. The molecule has 0 saturated carbocycles. The van der Waals surface area contributed by atoms with Crippen LogP contribution in [0.5, 0.6) is 0 Å². The summed E-state index contributed by atoms with van der Waals surface area (Å²) in [5.41, 5.74) is 1.38. The molecule has 0 radical (unpaired) electrons. The van der Waals surface area contributed by atoms with Gasteiger partial charge in [-0.2, -0.15) is 4.98 Å². The molecular formula is C21H31N5O2. The van der Waals surface area contributed by atoms with E-state index in [9.17, 15) is 4.79 Å². The fourth-order valence-electron chi connectivity index (χ4n) is 4.33. The second-order valence-electron chi connectivity index (χ2n) is 8.11. The monoisotopic (exact) mass is 385 g/mol. The van der Waals surface area contributed by atoms with Gasteiger partial charge in [0.05, 0.1) is 5.69 Å². The average molecular weight is 386 g/mol. The summed E-state index contributed by atoms with van der Waals surface area (Å²) in [6.07, 6.45) is 10.6. The van der Waals surface area contributed by atoms with E-state index in [0.717, 1.165) is 55.9 Å². The van der Waals surface area contributed by atoms with Crippen LogP contribution in [0.1, 0.15) is 69.3 Å².